The van der Waals surface area contributed by atoms with Crippen molar-refractivity contribution in [1.82, 2.24) is 24.2 Å². The number of ether oxygens (including phenoxy) is 1. The number of fused-ring (bicyclic) bond motifs is 1. The van der Waals surface area contributed by atoms with Crippen LogP contribution < -0.4 is 20.9 Å². The zero-order valence-corrected chi connectivity index (χ0v) is 22.6. The van der Waals surface area contributed by atoms with Crippen molar-refractivity contribution >= 4 is 22.8 Å². The van der Waals surface area contributed by atoms with Crippen molar-refractivity contribution in [1.29, 1.82) is 0 Å². The summed E-state index contributed by atoms with van der Waals surface area (Å²) in [5.74, 6) is 0.565. The third-order valence-corrected chi connectivity index (χ3v) is 7.29. The van der Waals surface area contributed by atoms with E-state index in [-0.39, 0.29) is 36.3 Å². The molecule has 0 saturated carbocycles. The number of anilines is 1. The molecule has 2 N–H and O–H groups in total. The van der Waals surface area contributed by atoms with Crippen LogP contribution in [0.5, 0.6) is 5.75 Å². The molecule has 10 nitrogen and oxygen atoms in total. The summed E-state index contributed by atoms with van der Waals surface area (Å²) in [4.78, 5) is 38.0. The molecule has 1 fully saturated rings. The lowest BCUT2D eigenvalue weighted by atomic mass is 10.1. The lowest BCUT2D eigenvalue weighted by Crippen LogP contribution is -2.55. The summed E-state index contributed by atoms with van der Waals surface area (Å²) in [6, 6.07) is 10.4. The molecular weight excluding hydrogens is 520 g/mol. The second kappa shape index (κ2) is 11.0. The second-order valence-corrected chi connectivity index (χ2v) is 9.97. The number of aryl methyl sites for hydroxylation is 1. The van der Waals surface area contributed by atoms with Crippen molar-refractivity contribution in [3.63, 3.8) is 0 Å². The molecule has 12 heteroatoms. The Bertz CT molecular complexity index is 1600. The molecule has 1 aliphatic heterocycles. The molecule has 40 heavy (non-hydrogen) atoms. The molecule has 1 atom stereocenters. The largest absolute Gasteiger partial charge is 0.434 e. The lowest BCUT2D eigenvalue weighted by Gasteiger charge is -2.39. The van der Waals surface area contributed by atoms with Crippen LogP contribution in [0.2, 0.25) is 0 Å². The van der Waals surface area contributed by atoms with Gasteiger partial charge in [-0.2, -0.15) is 8.78 Å². The van der Waals surface area contributed by atoms with Gasteiger partial charge in [-0.3, -0.25) is 19.0 Å². The molecular formula is C28H31F2N7O3. The van der Waals surface area contributed by atoms with E-state index in [1.807, 2.05) is 30.9 Å². The molecule has 1 amide bonds. The van der Waals surface area contributed by atoms with E-state index in [1.165, 1.54) is 10.7 Å². The molecule has 0 spiro atoms. The van der Waals surface area contributed by atoms with Gasteiger partial charge >= 0.3 is 6.61 Å². The molecule has 1 saturated heterocycles. The Balaban J connectivity index is 1.43. The number of carbonyl (C=O) groups is 1. The molecule has 3 heterocycles. The summed E-state index contributed by atoms with van der Waals surface area (Å²) in [5.41, 5.74) is 8.96. The van der Waals surface area contributed by atoms with Crippen molar-refractivity contribution in [2.24, 2.45) is 12.8 Å². The standard InChI is InChI=1S/C28H31F2N7O3/c1-17-4-7-24(40-27(29)30)20(10-17)16-37-23-11-19(5-6-22(23)26(39)34(37)3)21-13-32-28(33-14-21)35-8-9-36(18(2)15-35)25(38)12-31/h4-7,10-11,13-14,18,27H,8-9,12,15-16,31H2,1-3H3/t18-/m1/s1. The van der Waals surface area contributed by atoms with Crippen LogP contribution in [0.15, 0.2) is 53.6 Å². The number of piperazine rings is 1. The van der Waals surface area contributed by atoms with Crippen molar-refractivity contribution < 1.29 is 18.3 Å². The van der Waals surface area contributed by atoms with Crippen molar-refractivity contribution in [2.45, 2.75) is 33.0 Å². The highest BCUT2D eigenvalue weighted by Crippen LogP contribution is 2.27. The van der Waals surface area contributed by atoms with Gasteiger partial charge in [-0.25, -0.2) is 9.97 Å². The van der Waals surface area contributed by atoms with Gasteiger partial charge in [0.1, 0.15) is 5.75 Å². The summed E-state index contributed by atoms with van der Waals surface area (Å²) in [6.07, 6.45) is 3.46. The van der Waals surface area contributed by atoms with E-state index >= 15 is 0 Å². The number of hydrogen-bond donors (Lipinski definition) is 1. The molecule has 1 aliphatic rings. The van der Waals surface area contributed by atoms with Gasteiger partial charge in [-0.15, -0.1) is 0 Å². The summed E-state index contributed by atoms with van der Waals surface area (Å²) in [7, 11) is 1.64. The molecule has 5 rings (SSSR count). The number of amides is 1. The van der Waals surface area contributed by atoms with Gasteiger partial charge in [-0.05, 0) is 37.6 Å². The van der Waals surface area contributed by atoms with Gasteiger partial charge in [0.05, 0.1) is 24.0 Å². The summed E-state index contributed by atoms with van der Waals surface area (Å²) in [6.45, 7) is 2.79. The van der Waals surface area contributed by atoms with Crippen molar-refractivity contribution in [3.8, 4) is 16.9 Å². The molecule has 210 valence electrons. The molecule has 0 bridgehead atoms. The number of hydrogen-bond acceptors (Lipinski definition) is 7. The number of nitrogens with zero attached hydrogens (tertiary/aromatic N) is 6. The molecule has 2 aromatic heterocycles. The highest BCUT2D eigenvalue weighted by molar-refractivity contribution is 5.84. The van der Waals surface area contributed by atoms with E-state index in [9.17, 15) is 18.4 Å². The van der Waals surface area contributed by atoms with Crippen LogP contribution >= 0.6 is 0 Å². The predicted octanol–water partition coefficient (Wildman–Crippen LogP) is 2.75. The maximum Gasteiger partial charge on any atom is 0.387 e. The summed E-state index contributed by atoms with van der Waals surface area (Å²) >= 11 is 0. The summed E-state index contributed by atoms with van der Waals surface area (Å²) < 4.78 is 34.0. The molecule has 0 radical (unpaired) electrons. The minimum absolute atomic E-state index is 0.00897. The number of aromatic nitrogens is 4. The lowest BCUT2D eigenvalue weighted by molar-refractivity contribution is -0.132. The highest BCUT2D eigenvalue weighted by Gasteiger charge is 2.28. The SMILES string of the molecule is Cc1ccc(OC(F)F)c(Cn2c3cc(-c4cnc(N5CCN(C(=O)CN)[C@H](C)C5)nc4)ccc3c(=O)n2C)c1. The van der Waals surface area contributed by atoms with Crippen molar-refractivity contribution in [3.05, 3.63) is 70.3 Å². The maximum atomic E-state index is 13.0. The number of carbonyl (C=O) groups excluding carboxylic acids is 1. The van der Waals surface area contributed by atoms with Gasteiger partial charge in [0, 0.05) is 56.2 Å². The first-order chi connectivity index (χ1) is 19.2. The smallest absolute Gasteiger partial charge is 0.387 e. The van der Waals surface area contributed by atoms with Crippen LogP contribution in [0.3, 0.4) is 0 Å². The van der Waals surface area contributed by atoms with E-state index in [2.05, 4.69) is 9.97 Å². The Kier molecular flexibility index (Phi) is 7.53. The Morgan fingerprint density at radius 3 is 2.55 bits per heavy atom. The fourth-order valence-corrected chi connectivity index (χ4v) is 5.21. The third-order valence-electron chi connectivity index (χ3n) is 7.29. The van der Waals surface area contributed by atoms with Gasteiger partial charge in [0.2, 0.25) is 11.9 Å². The first kappa shape index (κ1) is 27.3. The fraction of sp³-hybridized carbons (Fsp3) is 0.357. The van der Waals surface area contributed by atoms with Crippen LogP contribution in [0.1, 0.15) is 18.1 Å². The number of rotatable bonds is 7. The molecule has 0 unspecified atom stereocenters. The van der Waals surface area contributed by atoms with Crippen LogP contribution in [-0.2, 0) is 18.4 Å². The Morgan fingerprint density at radius 1 is 1.12 bits per heavy atom. The zero-order valence-electron chi connectivity index (χ0n) is 22.6. The van der Waals surface area contributed by atoms with Crippen LogP contribution in [0.4, 0.5) is 14.7 Å². The first-order valence-electron chi connectivity index (χ1n) is 13.0. The van der Waals surface area contributed by atoms with E-state index in [0.717, 1.165) is 16.7 Å². The Morgan fingerprint density at radius 2 is 1.88 bits per heavy atom. The number of benzene rings is 2. The van der Waals surface area contributed by atoms with E-state index in [1.54, 1.807) is 47.2 Å². The number of nitrogens with two attached hydrogens (primary N) is 1. The fourth-order valence-electron chi connectivity index (χ4n) is 5.21. The summed E-state index contributed by atoms with van der Waals surface area (Å²) in [5, 5.41) is 0.506. The van der Waals surface area contributed by atoms with Gasteiger partial charge < -0.3 is 20.3 Å². The third kappa shape index (κ3) is 5.26. The zero-order chi connectivity index (χ0) is 28.6. The quantitative estimate of drug-likeness (QED) is 0.376. The minimum Gasteiger partial charge on any atom is -0.434 e. The van der Waals surface area contributed by atoms with Gasteiger partial charge in [-0.1, -0.05) is 23.8 Å². The van der Waals surface area contributed by atoms with Crippen molar-refractivity contribution in [2.75, 3.05) is 31.1 Å². The maximum absolute atomic E-state index is 13.0. The van der Waals surface area contributed by atoms with Gasteiger partial charge in [0.25, 0.3) is 5.56 Å². The van der Waals surface area contributed by atoms with E-state index in [4.69, 9.17) is 10.5 Å². The van der Waals surface area contributed by atoms with Gasteiger partial charge in [0.15, 0.2) is 0 Å². The minimum atomic E-state index is -2.96. The first-order valence-corrected chi connectivity index (χ1v) is 13.0. The average Bonchev–Trinajstić information content (AvgIpc) is 3.18. The van der Waals surface area contributed by atoms with E-state index < -0.39 is 6.61 Å². The van der Waals surface area contributed by atoms with E-state index in [0.29, 0.717) is 42.0 Å². The Labute approximate surface area is 229 Å². The highest BCUT2D eigenvalue weighted by atomic mass is 19.3. The predicted molar refractivity (Wildman–Crippen MR) is 148 cm³/mol. The molecule has 2 aromatic carbocycles. The molecule has 0 aliphatic carbocycles. The van der Waals surface area contributed by atoms with Crippen LogP contribution in [0.25, 0.3) is 22.0 Å². The molecule has 4 aromatic rings. The van der Waals surface area contributed by atoms with Crippen LogP contribution in [0, 0.1) is 6.92 Å². The number of halogens is 2. The monoisotopic (exact) mass is 551 g/mol. The number of alkyl halides is 2. The average molecular weight is 552 g/mol. The normalized spacial score (nSPS) is 15.7. The Hall–Kier alpha value is -4.32. The second-order valence-electron chi connectivity index (χ2n) is 9.97. The van der Waals surface area contributed by atoms with Crippen LogP contribution in [-0.4, -0.2) is 69.0 Å². The topological polar surface area (TPSA) is 112 Å².